The van der Waals surface area contributed by atoms with E-state index < -0.39 is 7.14 Å². The van der Waals surface area contributed by atoms with E-state index in [1.807, 2.05) is 122 Å². The molecule has 6 heteroatoms. The molecular weight excluding hydrogens is 533 g/mol. The highest BCUT2D eigenvalue weighted by Crippen LogP contribution is 2.50. The van der Waals surface area contributed by atoms with E-state index in [1.54, 1.807) is 0 Å². The molecule has 1 aliphatic rings. The minimum absolute atomic E-state index is 0.535. The van der Waals surface area contributed by atoms with Gasteiger partial charge in [-0.05, 0) is 53.2 Å². The Morgan fingerprint density at radius 1 is 0.500 bits per heavy atom. The number of aromatic nitrogens is 3. The molecule has 4 nitrogen and oxygen atoms in total. The zero-order valence-corrected chi connectivity index (χ0v) is 23.3. The summed E-state index contributed by atoms with van der Waals surface area (Å²) in [5.74, 6) is 1.71. The van der Waals surface area contributed by atoms with Crippen molar-refractivity contribution in [3.05, 3.63) is 126 Å². The Hall–Kier alpha value is -4.37. The number of fused-ring (bicyclic) bond motifs is 3. The Bertz CT molecular complexity index is 1900. The van der Waals surface area contributed by atoms with Crippen LogP contribution in [-0.4, -0.2) is 21.6 Å². The van der Waals surface area contributed by atoms with Gasteiger partial charge in [0, 0.05) is 32.3 Å². The third kappa shape index (κ3) is 4.17. The highest BCUT2D eigenvalue weighted by atomic mass is 35.5. The molecule has 6 aromatic rings. The lowest BCUT2D eigenvalue weighted by Crippen LogP contribution is -2.07. The standard InChI is InChI=1S/C34H23ClN3OP/c1-40(39)30-15-9-8-14-27(30)28-20-24(16-19-31(28)40)26-18-17-25(35)21-29(26)34-37-32(22-10-4-2-5-11-22)36-33(38-34)23-12-6-3-7-13-23/h2-21H,1H3. The lowest BCUT2D eigenvalue weighted by molar-refractivity contribution is 0.591. The molecule has 0 N–H and O–H groups in total. The summed E-state index contributed by atoms with van der Waals surface area (Å²) in [4.78, 5) is 14.7. The van der Waals surface area contributed by atoms with Crippen LogP contribution in [0.25, 0.3) is 56.4 Å². The van der Waals surface area contributed by atoms with Crippen LogP contribution in [0.2, 0.25) is 5.02 Å². The van der Waals surface area contributed by atoms with Gasteiger partial charge in [0.05, 0.1) is 0 Å². The highest BCUT2D eigenvalue weighted by Gasteiger charge is 2.34. The molecule has 192 valence electrons. The van der Waals surface area contributed by atoms with Crippen LogP contribution in [0.5, 0.6) is 0 Å². The molecule has 0 amide bonds. The lowest BCUT2D eigenvalue weighted by Gasteiger charge is -2.14. The molecule has 5 aromatic carbocycles. The minimum atomic E-state index is -2.65. The van der Waals surface area contributed by atoms with Crippen LogP contribution in [-0.2, 0) is 4.57 Å². The highest BCUT2D eigenvalue weighted by molar-refractivity contribution is 7.79. The molecule has 0 bridgehead atoms. The Labute approximate surface area is 237 Å². The predicted octanol–water partition coefficient (Wildman–Crippen LogP) is 8.12. The second kappa shape index (κ2) is 9.67. The molecule has 0 saturated heterocycles. The van der Waals surface area contributed by atoms with Gasteiger partial charge in [-0.2, -0.15) is 0 Å². The van der Waals surface area contributed by atoms with Crippen LogP contribution in [0.1, 0.15) is 0 Å². The first-order chi connectivity index (χ1) is 19.5. The second-order valence-electron chi connectivity index (χ2n) is 9.90. The Balaban J connectivity index is 1.44. The molecule has 1 atom stereocenters. The van der Waals surface area contributed by atoms with Crippen molar-refractivity contribution in [3.63, 3.8) is 0 Å². The van der Waals surface area contributed by atoms with Gasteiger partial charge in [0.1, 0.15) is 7.14 Å². The van der Waals surface area contributed by atoms with Gasteiger partial charge in [-0.3, -0.25) is 0 Å². The molecule has 1 unspecified atom stereocenters. The van der Waals surface area contributed by atoms with Gasteiger partial charge >= 0.3 is 0 Å². The molecular formula is C34H23ClN3OP. The van der Waals surface area contributed by atoms with Crippen molar-refractivity contribution < 1.29 is 4.57 Å². The summed E-state index contributed by atoms with van der Waals surface area (Å²) in [5, 5.41) is 2.40. The second-order valence-corrected chi connectivity index (χ2v) is 13.1. The molecule has 2 heterocycles. The third-order valence-corrected chi connectivity index (χ3v) is 10.2. The summed E-state index contributed by atoms with van der Waals surface area (Å²) >= 11 is 6.56. The van der Waals surface area contributed by atoms with Crippen LogP contribution >= 0.6 is 18.7 Å². The minimum Gasteiger partial charge on any atom is -0.314 e. The molecule has 40 heavy (non-hydrogen) atoms. The number of hydrogen-bond donors (Lipinski definition) is 0. The number of benzene rings is 5. The first-order valence-electron chi connectivity index (χ1n) is 13.0. The maximum Gasteiger partial charge on any atom is 0.164 e. The van der Waals surface area contributed by atoms with Gasteiger partial charge in [-0.25, -0.2) is 15.0 Å². The van der Waals surface area contributed by atoms with Gasteiger partial charge in [0.15, 0.2) is 17.5 Å². The summed E-state index contributed by atoms with van der Waals surface area (Å²) in [7, 11) is -2.65. The molecule has 0 radical (unpaired) electrons. The van der Waals surface area contributed by atoms with Crippen LogP contribution in [0.3, 0.4) is 0 Å². The van der Waals surface area contributed by atoms with Crippen molar-refractivity contribution in [1.82, 2.24) is 15.0 Å². The average molecular weight is 556 g/mol. The first-order valence-corrected chi connectivity index (χ1v) is 15.5. The number of rotatable bonds is 4. The van der Waals surface area contributed by atoms with Crippen molar-refractivity contribution in [1.29, 1.82) is 0 Å². The predicted molar refractivity (Wildman–Crippen MR) is 165 cm³/mol. The van der Waals surface area contributed by atoms with Crippen molar-refractivity contribution in [2.45, 2.75) is 0 Å². The summed E-state index contributed by atoms with van der Waals surface area (Å²) in [6.07, 6.45) is 0. The van der Waals surface area contributed by atoms with Crippen molar-refractivity contribution in [3.8, 4) is 56.4 Å². The van der Waals surface area contributed by atoms with Crippen LogP contribution in [0.4, 0.5) is 0 Å². The SMILES string of the molecule is CP1(=O)c2ccccc2-c2cc(-c3ccc(Cl)cc3-c3nc(-c4ccccc4)nc(-c4ccccc4)n3)ccc21. The van der Waals surface area contributed by atoms with E-state index in [9.17, 15) is 4.57 Å². The zero-order valence-electron chi connectivity index (χ0n) is 21.6. The van der Waals surface area contributed by atoms with E-state index in [0.29, 0.717) is 22.5 Å². The monoisotopic (exact) mass is 555 g/mol. The Morgan fingerprint density at radius 3 is 1.75 bits per heavy atom. The first kappa shape index (κ1) is 24.7. The fraction of sp³-hybridized carbons (Fsp3) is 0.0294. The topological polar surface area (TPSA) is 55.7 Å². The van der Waals surface area contributed by atoms with E-state index in [4.69, 9.17) is 26.6 Å². The van der Waals surface area contributed by atoms with E-state index in [0.717, 1.165) is 49.6 Å². The summed E-state index contributed by atoms with van der Waals surface area (Å²) < 4.78 is 13.7. The average Bonchev–Trinajstić information content (AvgIpc) is 3.24. The molecule has 1 aromatic heterocycles. The van der Waals surface area contributed by atoms with Gasteiger partial charge in [0.2, 0.25) is 0 Å². The number of halogens is 1. The normalized spacial score (nSPS) is 15.4. The summed E-state index contributed by atoms with van der Waals surface area (Å²) in [5.41, 5.74) is 6.55. The van der Waals surface area contributed by atoms with E-state index in [1.165, 1.54) is 0 Å². The van der Waals surface area contributed by atoms with Crippen molar-refractivity contribution >= 4 is 29.4 Å². The molecule has 1 aliphatic heterocycles. The molecule has 0 aliphatic carbocycles. The van der Waals surface area contributed by atoms with Crippen LogP contribution in [0.15, 0.2) is 121 Å². The molecule has 0 spiro atoms. The number of hydrogen-bond acceptors (Lipinski definition) is 4. The van der Waals surface area contributed by atoms with Gasteiger partial charge < -0.3 is 4.57 Å². The fourth-order valence-electron chi connectivity index (χ4n) is 5.38. The molecule has 7 rings (SSSR count). The van der Waals surface area contributed by atoms with Crippen molar-refractivity contribution in [2.24, 2.45) is 0 Å². The van der Waals surface area contributed by atoms with Crippen LogP contribution < -0.4 is 10.6 Å². The quantitative estimate of drug-likeness (QED) is 0.206. The Kier molecular flexibility index (Phi) is 5.96. The van der Waals surface area contributed by atoms with E-state index in [2.05, 4.69) is 6.07 Å². The lowest BCUT2D eigenvalue weighted by atomic mass is 9.95. The number of nitrogens with zero attached hydrogens (tertiary/aromatic N) is 3. The maximum absolute atomic E-state index is 13.7. The van der Waals surface area contributed by atoms with Gasteiger partial charge in [-0.15, -0.1) is 0 Å². The largest absolute Gasteiger partial charge is 0.314 e. The Morgan fingerprint density at radius 2 is 1.07 bits per heavy atom. The third-order valence-electron chi connectivity index (χ3n) is 7.34. The van der Waals surface area contributed by atoms with Gasteiger partial charge in [-0.1, -0.05) is 109 Å². The molecule has 0 saturated carbocycles. The van der Waals surface area contributed by atoms with E-state index >= 15 is 0 Å². The van der Waals surface area contributed by atoms with Crippen molar-refractivity contribution in [2.75, 3.05) is 6.66 Å². The maximum atomic E-state index is 13.7. The summed E-state index contributed by atoms with van der Waals surface area (Å²) in [6, 6.07) is 39.7. The molecule has 0 fully saturated rings. The van der Waals surface area contributed by atoms with E-state index in [-0.39, 0.29) is 0 Å². The smallest absolute Gasteiger partial charge is 0.164 e. The van der Waals surface area contributed by atoms with Crippen LogP contribution in [0, 0.1) is 0 Å². The zero-order chi connectivity index (χ0) is 27.3. The fourth-order valence-corrected chi connectivity index (χ4v) is 7.84. The summed E-state index contributed by atoms with van der Waals surface area (Å²) in [6.45, 7) is 1.85. The van der Waals surface area contributed by atoms with Gasteiger partial charge in [0.25, 0.3) is 0 Å².